The van der Waals surface area contributed by atoms with Crippen LogP contribution in [0.3, 0.4) is 0 Å². The fraction of sp³-hybridized carbons (Fsp3) is 0.143. The monoisotopic (exact) mass is 468 g/mol. The van der Waals surface area contributed by atoms with Gasteiger partial charge in [-0.25, -0.2) is 4.39 Å². The maximum Gasteiger partial charge on any atom is 0.129 e. The van der Waals surface area contributed by atoms with Gasteiger partial charge in [-0.3, -0.25) is 0 Å². The Morgan fingerprint density at radius 3 is 2.42 bits per heavy atom. The number of rotatable bonds is 2. The van der Waals surface area contributed by atoms with Gasteiger partial charge in [0.15, 0.2) is 0 Å². The third-order valence-corrected chi connectivity index (χ3v) is 5.35. The molecule has 0 nitrogen and oxygen atoms in total. The van der Waals surface area contributed by atoms with Crippen LogP contribution >= 0.6 is 59.4 Å². The van der Waals surface area contributed by atoms with E-state index in [1.54, 1.807) is 6.07 Å². The predicted molar refractivity (Wildman–Crippen MR) is 88.8 cm³/mol. The summed E-state index contributed by atoms with van der Waals surface area (Å²) in [6, 6.07) is 9.00. The summed E-state index contributed by atoms with van der Waals surface area (Å²) in [7, 11) is 0. The van der Waals surface area contributed by atoms with Gasteiger partial charge in [0, 0.05) is 14.5 Å². The fourth-order valence-electron chi connectivity index (χ4n) is 1.82. The number of aryl methyl sites for hydroxylation is 1. The van der Waals surface area contributed by atoms with E-state index in [1.807, 2.05) is 25.1 Å². The first kappa shape index (κ1) is 15.5. The van der Waals surface area contributed by atoms with Crippen LogP contribution in [0.1, 0.15) is 21.5 Å². The molecule has 0 heterocycles. The molecule has 0 spiro atoms. The van der Waals surface area contributed by atoms with Crippen LogP contribution in [0.4, 0.5) is 4.39 Å². The smallest absolute Gasteiger partial charge is 0.129 e. The maximum atomic E-state index is 14.0. The Morgan fingerprint density at radius 2 is 1.79 bits per heavy atom. The van der Waals surface area contributed by atoms with Crippen molar-refractivity contribution < 1.29 is 4.39 Å². The standard InChI is InChI=1S/C14H9Br3ClF/c1-7-2-8(4-9(15)3-7)14(17)10-5-12(18)11(16)6-13(10)19/h2-6,14H,1H3. The Balaban J connectivity index is 2.49. The highest BCUT2D eigenvalue weighted by atomic mass is 79.9. The Morgan fingerprint density at radius 1 is 1.11 bits per heavy atom. The SMILES string of the molecule is Cc1cc(Br)cc(C(Br)c2cc(Cl)c(Br)cc2F)c1. The molecule has 2 aromatic carbocycles. The van der Waals surface area contributed by atoms with Crippen molar-refractivity contribution in [2.45, 2.75) is 11.8 Å². The first-order valence-electron chi connectivity index (χ1n) is 5.44. The summed E-state index contributed by atoms with van der Waals surface area (Å²) in [5, 5.41) is 0.493. The number of alkyl halides is 1. The second kappa shape index (κ2) is 6.25. The largest absolute Gasteiger partial charge is 0.207 e. The van der Waals surface area contributed by atoms with Crippen LogP contribution in [0.15, 0.2) is 39.3 Å². The zero-order valence-corrected chi connectivity index (χ0v) is 15.4. The summed E-state index contributed by atoms with van der Waals surface area (Å²) in [5.74, 6) is -0.296. The second-order valence-corrected chi connectivity index (χ2v) is 7.31. The summed E-state index contributed by atoms with van der Waals surface area (Å²) in [4.78, 5) is -0.241. The zero-order valence-electron chi connectivity index (χ0n) is 9.85. The number of halogens is 5. The van der Waals surface area contributed by atoms with Crippen LogP contribution < -0.4 is 0 Å². The first-order chi connectivity index (χ1) is 8.88. The van der Waals surface area contributed by atoms with Gasteiger partial charge in [-0.15, -0.1) is 0 Å². The highest BCUT2D eigenvalue weighted by Crippen LogP contribution is 2.37. The van der Waals surface area contributed by atoms with Crippen molar-refractivity contribution >= 4 is 59.4 Å². The molecule has 0 amide bonds. The van der Waals surface area contributed by atoms with E-state index >= 15 is 0 Å². The van der Waals surface area contributed by atoms with Gasteiger partial charge in [-0.2, -0.15) is 0 Å². The molecular weight excluding hydrogens is 462 g/mol. The third kappa shape index (κ3) is 3.60. The Hall–Kier alpha value is 0.1000. The summed E-state index contributed by atoms with van der Waals surface area (Å²) >= 11 is 16.2. The lowest BCUT2D eigenvalue weighted by Gasteiger charge is -2.14. The van der Waals surface area contributed by atoms with E-state index < -0.39 is 0 Å². The number of hydrogen-bond acceptors (Lipinski definition) is 0. The zero-order chi connectivity index (χ0) is 14.2. The summed E-state index contributed by atoms with van der Waals surface area (Å²) < 4.78 is 15.6. The van der Waals surface area contributed by atoms with Crippen molar-refractivity contribution in [1.82, 2.24) is 0 Å². The minimum atomic E-state index is -0.296. The summed E-state index contributed by atoms with van der Waals surface area (Å²) in [6.07, 6.45) is 0. The van der Waals surface area contributed by atoms with Crippen molar-refractivity contribution in [3.63, 3.8) is 0 Å². The molecule has 100 valence electrons. The maximum absolute atomic E-state index is 14.0. The molecule has 2 rings (SSSR count). The average molecular weight is 471 g/mol. The highest BCUT2D eigenvalue weighted by molar-refractivity contribution is 9.11. The molecule has 0 saturated heterocycles. The van der Waals surface area contributed by atoms with E-state index in [9.17, 15) is 4.39 Å². The van der Waals surface area contributed by atoms with Gasteiger partial charge in [0.25, 0.3) is 0 Å². The van der Waals surface area contributed by atoms with E-state index in [1.165, 1.54) is 6.07 Å². The quantitative estimate of drug-likeness (QED) is 0.334. The van der Waals surface area contributed by atoms with Crippen molar-refractivity contribution in [2.24, 2.45) is 0 Å². The molecule has 1 unspecified atom stereocenters. The normalized spacial score (nSPS) is 12.5. The van der Waals surface area contributed by atoms with Gasteiger partial charge in [0.2, 0.25) is 0 Å². The number of benzene rings is 2. The van der Waals surface area contributed by atoms with Crippen LogP contribution in [0.25, 0.3) is 0 Å². The summed E-state index contributed by atoms with van der Waals surface area (Å²) in [6.45, 7) is 2.00. The molecule has 0 bridgehead atoms. The molecule has 2 aromatic rings. The first-order valence-corrected chi connectivity index (χ1v) is 8.32. The van der Waals surface area contributed by atoms with Gasteiger partial charge in [-0.1, -0.05) is 49.5 Å². The van der Waals surface area contributed by atoms with Crippen molar-refractivity contribution in [2.75, 3.05) is 0 Å². The van der Waals surface area contributed by atoms with Crippen molar-refractivity contribution in [1.29, 1.82) is 0 Å². The van der Waals surface area contributed by atoms with Crippen molar-refractivity contribution in [3.8, 4) is 0 Å². The van der Waals surface area contributed by atoms with Crippen LogP contribution in [-0.4, -0.2) is 0 Å². The van der Waals surface area contributed by atoms with Gasteiger partial charge in [0.05, 0.1) is 9.85 Å². The molecule has 0 N–H and O–H groups in total. The van der Waals surface area contributed by atoms with E-state index in [4.69, 9.17) is 11.6 Å². The average Bonchev–Trinajstić information content (AvgIpc) is 2.31. The van der Waals surface area contributed by atoms with Crippen LogP contribution in [0.5, 0.6) is 0 Å². The molecule has 0 fully saturated rings. The molecule has 19 heavy (non-hydrogen) atoms. The fourth-order valence-corrected chi connectivity index (χ4v) is 3.55. The molecule has 0 aliphatic heterocycles. The lowest BCUT2D eigenvalue weighted by Crippen LogP contribution is -1.98. The predicted octanol–water partition coefficient (Wildman–Crippen LogP) is 6.80. The van der Waals surface area contributed by atoms with Gasteiger partial charge in [0.1, 0.15) is 5.82 Å². The van der Waals surface area contributed by atoms with E-state index in [2.05, 4.69) is 47.8 Å². The molecule has 0 radical (unpaired) electrons. The molecular formula is C14H9Br3ClF. The Bertz CT molecular complexity index is 608. The Kier molecular flexibility index (Phi) is 5.09. The third-order valence-electron chi connectivity index (χ3n) is 2.67. The van der Waals surface area contributed by atoms with Gasteiger partial charge in [-0.05, 0) is 58.2 Å². The summed E-state index contributed by atoms with van der Waals surface area (Å²) in [5.41, 5.74) is 2.60. The van der Waals surface area contributed by atoms with E-state index in [0.717, 1.165) is 15.6 Å². The topological polar surface area (TPSA) is 0 Å². The minimum Gasteiger partial charge on any atom is -0.207 e. The molecule has 0 aliphatic carbocycles. The van der Waals surface area contributed by atoms with Gasteiger partial charge >= 0.3 is 0 Å². The van der Waals surface area contributed by atoms with Gasteiger partial charge < -0.3 is 0 Å². The lowest BCUT2D eigenvalue weighted by atomic mass is 10.0. The molecule has 0 saturated carbocycles. The Labute approximate surface area is 141 Å². The molecule has 0 aliphatic rings. The minimum absolute atomic E-state index is 0.241. The lowest BCUT2D eigenvalue weighted by molar-refractivity contribution is 0.612. The second-order valence-electron chi connectivity index (χ2n) is 4.21. The van der Waals surface area contributed by atoms with E-state index in [-0.39, 0.29) is 10.6 Å². The number of hydrogen-bond donors (Lipinski definition) is 0. The van der Waals surface area contributed by atoms with E-state index in [0.29, 0.717) is 15.1 Å². The highest BCUT2D eigenvalue weighted by Gasteiger charge is 2.17. The van der Waals surface area contributed by atoms with Crippen LogP contribution in [0, 0.1) is 12.7 Å². The molecule has 0 aromatic heterocycles. The molecule has 1 atom stereocenters. The molecule has 5 heteroatoms. The van der Waals surface area contributed by atoms with Crippen molar-refractivity contribution in [3.05, 3.63) is 66.8 Å². The van der Waals surface area contributed by atoms with Crippen LogP contribution in [0.2, 0.25) is 5.02 Å². The van der Waals surface area contributed by atoms with Crippen LogP contribution in [-0.2, 0) is 0 Å².